The van der Waals surface area contributed by atoms with E-state index in [0.29, 0.717) is 19.4 Å². The summed E-state index contributed by atoms with van der Waals surface area (Å²) in [7, 11) is 0. The summed E-state index contributed by atoms with van der Waals surface area (Å²) in [5.74, 6) is -0.413. The molecule has 0 radical (unpaired) electrons. The summed E-state index contributed by atoms with van der Waals surface area (Å²) < 4.78 is 0. The number of carboxylic acids is 1. The van der Waals surface area contributed by atoms with E-state index in [2.05, 4.69) is 13.8 Å². The molecule has 2 unspecified atom stereocenters. The quantitative estimate of drug-likeness (QED) is 0.654. The zero-order valence-corrected chi connectivity index (χ0v) is 10.3. The van der Waals surface area contributed by atoms with Crippen LogP contribution in [0.2, 0.25) is 0 Å². The predicted molar refractivity (Wildman–Crippen MR) is 62.7 cm³/mol. The number of carboxylic acid groups (broad SMARTS) is 1. The number of carbonyl (C=O) groups is 1. The molecule has 0 aliphatic heterocycles. The molecule has 3 nitrogen and oxygen atoms in total. The van der Waals surface area contributed by atoms with Crippen molar-refractivity contribution in [2.24, 2.45) is 17.1 Å². The summed E-state index contributed by atoms with van der Waals surface area (Å²) in [5.41, 5.74) is 4.96. The SMILES string of the molecule is CCCC(CC)C(CC)(CCN)C(=O)O. The average Bonchev–Trinajstić information content (AvgIpc) is 2.22. The van der Waals surface area contributed by atoms with Gasteiger partial charge < -0.3 is 10.8 Å². The van der Waals surface area contributed by atoms with E-state index in [9.17, 15) is 9.90 Å². The topological polar surface area (TPSA) is 63.3 Å². The largest absolute Gasteiger partial charge is 0.481 e. The highest BCUT2D eigenvalue weighted by molar-refractivity contribution is 5.75. The first-order valence-electron chi connectivity index (χ1n) is 6.02. The Morgan fingerprint density at radius 1 is 1.40 bits per heavy atom. The van der Waals surface area contributed by atoms with Crippen molar-refractivity contribution in [3.63, 3.8) is 0 Å². The van der Waals surface area contributed by atoms with Crippen LogP contribution in [0.25, 0.3) is 0 Å². The van der Waals surface area contributed by atoms with Gasteiger partial charge in [0.05, 0.1) is 5.41 Å². The summed E-state index contributed by atoms with van der Waals surface area (Å²) in [6.07, 6.45) is 4.22. The van der Waals surface area contributed by atoms with Gasteiger partial charge in [0.1, 0.15) is 0 Å². The lowest BCUT2D eigenvalue weighted by atomic mass is 9.68. The Labute approximate surface area is 93.0 Å². The number of hydrogen-bond donors (Lipinski definition) is 2. The zero-order chi connectivity index (χ0) is 11.9. The van der Waals surface area contributed by atoms with Gasteiger partial charge in [0.2, 0.25) is 0 Å². The Hall–Kier alpha value is -0.570. The van der Waals surface area contributed by atoms with E-state index in [1.54, 1.807) is 0 Å². The van der Waals surface area contributed by atoms with Gasteiger partial charge in [-0.2, -0.15) is 0 Å². The summed E-state index contributed by atoms with van der Waals surface area (Å²) in [4.78, 5) is 11.5. The first-order chi connectivity index (χ1) is 7.08. The third-order valence-electron chi connectivity index (χ3n) is 3.56. The molecule has 0 aromatic heterocycles. The van der Waals surface area contributed by atoms with Crippen LogP contribution >= 0.6 is 0 Å². The van der Waals surface area contributed by atoms with Crippen LogP contribution in [-0.4, -0.2) is 17.6 Å². The van der Waals surface area contributed by atoms with E-state index in [4.69, 9.17) is 5.73 Å². The first kappa shape index (κ1) is 14.4. The van der Waals surface area contributed by atoms with Crippen molar-refractivity contribution in [3.05, 3.63) is 0 Å². The summed E-state index contributed by atoms with van der Waals surface area (Å²) in [5, 5.41) is 9.43. The van der Waals surface area contributed by atoms with Crippen molar-refractivity contribution >= 4 is 5.97 Å². The van der Waals surface area contributed by atoms with Crippen LogP contribution in [-0.2, 0) is 4.79 Å². The number of rotatable bonds is 8. The Morgan fingerprint density at radius 3 is 2.27 bits per heavy atom. The molecular weight excluding hydrogens is 190 g/mol. The second kappa shape index (κ2) is 6.83. The van der Waals surface area contributed by atoms with Crippen LogP contribution < -0.4 is 5.73 Å². The van der Waals surface area contributed by atoms with Gasteiger partial charge in [0.15, 0.2) is 0 Å². The van der Waals surface area contributed by atoms with Crippen molar-refractivity contribution in [2.75, 3.05) is 6.54 Å². The van der Waals surface area contributed by atoms with Crippen LogP contribution in [0.3, 0.4) is 0 Å². The molecule has 90 valence electrons. The lowest BCUT2D eigenvalue weighted by Gasteiger charge is -2.36. The second-order valence-corrected chi connectivity index (χ2v) is 4.25. The van der Waals surface area contributed by atoms with Gasteiger partial charge in [-0.15, -0.1) is 0 Å². The molecule has 0 aromatic rings. The maximum absolute atomic E-state index is 11.5. The van der Waals surface area contributed by atoms with E-state index in [0.717, 1.165) is 19.3 Å². The van der Waals surface area contributed by atoms with Crippen LogP contribution in [0.4, 0.5) is 0 Å². The molecule has 0 aromatic carbocycles. The van der Waals surface area contributed by atoms with Crippen molar-refractivity contribution < 1.29 is 9.90 Å². The standard InChI is InChI=1S/C12H25NO2/c1-4-7-10(5-2)12(6-3,8-9-13)11(14)15/h10H,4-9,13H2,1-3H3,(H,14,15). The van der Waals surface area contributed by atoms with Crippen molar-refractivity contribution in [2.45, 2.75) is 52.9 Å². The lowest BCUT2D eigenvalue weighted by molar-refractivity contribution is -0.154. The van der Waals surface area contributed by atoms with Crippen LogP contribution in [0.15, 0.2) is 0 Å². The minimum absolute atomic E-state index is 0.258. The number of aliphatic carboxylic acids is 1. The van der Waals surface area contributed by atoms with E-state index in [1.807, 2.05) is 6.92 Å². The first-order valence-corrected chi connectivity index (χ1v) is 6.02. The molecule has 0 aliphatic carbocycles. The molecule has 0 rings (SSSR count). The maximum atomic E-state index is 11.5. The molecule has 0 amide bonds. The zero-order valence-electron chi connectivity index (χ0n) is 10.3. The molecule has 15 heavy (non-hydrogen) atoms. The molecule has 0 bridgehead atoms. The third-order valence-corrected chi connectivity index (χ3v) is 3.56. The fourth-order valence-electron chi connectivity index (χ4n) is 2.58. The summed E-state index contributed by atoms with van der Waals surface area (Å²) in [6, 6.07) is 0. The third kappa shape index (κ3) is 3.20. The average molecular weight is 215 g/mol. The molecule has 2 atom stereocenters. The maximum Gasteiger partial charge on any atom is 0.309 e. The number of hydrogen-bond acceptors (Lipinski definition) is 2. The lowest BCUT2D eigenvalue weighted by Crippen LogP contribution is -2.40. The normalized spacial score (nSPS) is 17.1. The monoisotopic (exact) mass is 215 g/mol. The van der Waals surface area contributed by atoms with E-state index in [-0.39, 0.29) is 5.92 Å². The van der Waals surface area contributed by atoms with Gasteiger partial charge in [-0.05, 0) is 31.7 Å². The van der Waals surface area contributed by atoms with Crippen LogP contribution in [0.5, 0.6) is 0 Å². The summed E-state index contributed by atoms with van der Waals surface area (Å²) >= 11 is 0. The fourth-order valence-corrected chi connectivity index (χ4v) is 2.58. The smallest absolute Gasteiger partial charge is 0.309 e. The highest BCUT2D eigenvalue weighted by atomic mass is 16.4. The molecule has 0 heterocycles. The minimum atomic E-state index is -0.671. The van der Waals surface area contributed by atoms with Gasteiger partial charge in [0, 0.05) is 0 Å². The van der Waals surface area contributed by atoms with Crippen LogP contribution in [0.1, 0.15) is 52.9 Å². The Kier molecular flexibility index (Phi) is 6.57. The highest BCUT2D eigenvalue weighted by Crippen LogP contribution is 2.40. The molecular formula is C12H25NO2. The van der Waals surface area contributed by atoms with E-state index < -0.39 is 11.4 Å². The van der Waals surface area contributed by atoms with Crippen molar-refractivity contribution in [1.82, 2.24) is 0 Å². The molecule has 3 heteroatoms. The molecule has 0 saturated carbocycles. The molecule has 0 saturated heterocycles. The molecule has 0 fully saturated rings. The highest BCUT2D eigenvalue weighted by Gasteiger charge is 2.41. The predicted octanol–water partition coefficient (Wildman–Crippen LogP) is 2.64. The molecule has 0 spiro atoms. The fraction of sp³-hybridized carbons (Fsp3) is 0.917. The van der Waals surface area contributed by atoms with Gasteiger partial charge in [0.25, 0.3) is 0 Å². The van der Waals surface area contributed by atoms with Crippen LogP contribution in [0, 0.1) is 11.3 Å². The van der Waals surface area contributed by atoms with Gasteiger partial charge in [-0.1, -0.05) is 33.6 Å². The summed E-state index contributed by atoms with van der Waals surface area (Å²) in [6.45, 7) is 6.60. The second-order valence-electron chi connectivity index (χ2n) is 4.25. The Balaban J connectivity index is 4.91. The van der Waals surface area contributed by atoms with Gasteiger partial charge in [-0.25, -0.2) is 0 Å². The Bertz CT molecular complexity index is 194. The van der Waals surface area contributed by atoms with Gasteiger partial charge >= 0.3 is 5.97 Å². The van der Waals surface area contributed by atoms with Crippen molar-refractivity contribution in [1.29, 1.82) is 0 Å². The Morgan fingerprint density at radius 2 is 2.00 bits per heavy atom. The number of nitrogens with two attached hydrogens (primary N) is 1. The molecule has 3 N–H and O–H groups in total. The van der Waals surface area contributed by atoms with E-state index in [1.165, 1.54) is 0 Å². The van der Waals surface area contributed by atoms with Crippen molar-refractivity contribution in [3.8, 4) is 0 Å². The molecule has 0 aliphatic rings. The van der Waals surface area contributed by atoms with E-state index >= 15 is 0 Å². The minimum Gasteiger partial charge on any atom is -0.481 e. The van der Waals surface area contributed by atoms with Gasteiger partial charge in [-0.3, -0.25) is 4.79 Å².